The van der Waals surface area contributed by atoms with E-state index in [1.807, 2.05) is 41.5 Å². The number of carboxylic acid groups (broad SMARTS) is 1. The van der Waals surface area contributed by atoms with Gasteiger partial charge in [0.25, 0.3) is 0 Å². The topological polar surface area (TPSA) is 66.8 Å². The molecular formula is C16H29NO4. The summed E-state index contributed by atoms with van der Waals surface area (Å²) in [6.07, 6.45) is 0.940. The summed E-state index contributed by atoms with van der Waals surface area (Å²) in [6, 6.07) is -0.0591. The van der Waals surface area contributed by atoms with E-state index < -0.39 is 11.7 Å². The zero-order chi connectivity index (χ0) is 16.4. The highest BCUT2D eigenvalue weighted by atomic mass is 16.6. The summed E-state index contributed by atoms with van der Waals surface area (Å²) >= 11 is 0. The fraction of sp³-hybridized carbons (Fsp3) is 0.875. The normalized spacial score (nSPS) is 23.8. The number of esters is 1. The molecule has 0 aromatic rings. The van der Waals surface area contributed by atoms with Crippen LogP contribution in [0, 0.1) is 11.3 Å². The third-order valence-electron chi connectivity index (χ3n) is 3.83. The summed E-state index contributed by atoms with van der Waals surface area (Å²) in [7, 11) is 0. The van der Waals surface area contributed by atoms with E-state index >= 15 is 0 Å². The molecule has 1 N–H and O–H groups in total. The van der Waals surface area contributed by atoms with Gasteiger partial charge >= 0.3 is 12.1 Å². The number of carbonyl (C=O) groups excluding carboxylic acids is 1. The summed E-state index contributed by atoms with van der Waals surface area (Å²) in [5.41, 5.74) is -0.604. The summed E-state index contributed by atoms with van der Waals surface area (Å²) < 4.78 is 5.37. The minimum absolute atomic E-state index is 0.0591. The second kappa shape index (κ2) is 6.24. The Morgan fingerprint density at radius 2 is 1.76 bits per heavy atom. The summed E-state index contributed by atoms with van der Waals surface area (Å²) in [5, 5.41) is 9.33. The van der Waals surface area contributed by atoms with E-state index in [-0.39, 0.29) is 23.3 Å². The Morgan fingerprint density at radius 1 is 1.19 bits per heavy atom. The number of rotatable bonds is 2. The largest absolute Gasteiger partial charge is 0.465 e. The molecule has 122 valence electrons. The Morgan fingerprint density at radius 3 is 2.19 bits per heavy atom. The molecule has 2 unspecified atom stereocenters. The number of piperidine rings is 1. The average Bonchev–Trinajstić information content (AvgIpc) is 2.24. The van der Waals surface area contributed by atoms with Crippen LogP contribution < -0.4 is 0 Å². The molecule has 0 aliphatic carbocycles. The molecular weight excluding hydrogens is 270 g/mol. The van der Waals surface area contributed by atoms with Gasteiger partial charge in [0.05, 0.1) is 0 Å². The number of amides is 1. The maximum atomic E-state index is 11.9. The van der Waals surface area contributed by atoms with Crippen LogP contribution in [0.1, 0.15) is 60.8 Å². The third kappa shape index (κ3) is 5.56. The van der Waals surface area contributed by atoms with Gasteiger partial charge in [-0.3, -0.25) is 4.79 Å². The smallest absolute Gasteiger partial charge is 0.407 e. The lowest BCUT2D eigenvalue weighted by atomic mass is 9.76. The molecule has 0 spiro atoms. The van der Waals surface area contributed by atoms with Crippen molar-refractivity contribution in [2.24, 2.45) is 11.3 Å². The van der Waals surface area contributed by atoms with Crippen LogP contribution >= 0.6 is 0 Å². The van der Waals surface area contributed by atoms with Gasteiger partial charge < -0.3 is 14.7 Å². The fourth-order valence-corrected chi connectivity index (χ4v) is 2.89. The van der Waals surface area contributed by atoms with Gasteiger partial charge in [-0.2, -0.15) is 0 Å². The van der Waals surface area contributed by atoms with Gasteiger partial charge in [0.15, 0.2) is 0 Å². The van der Waals surface area contributed by atoms with Crippen molar-refractivity contribution in [3.8, 4) is 0 Å². The third-order valence-corrected chi connectivity index (χ3v) is 3.83. The van der Waals surface area contributed by atoms with Crippen molar-refractivity contribution in [2.75, 3.05) is 6.54 Å². The molecule has 0 aromatic heterocycles. The second-order valence-corrected chi connectivity index (χ2v) is 8.04. The molecule has 5 heteroatoms. The molecule has 5 nitrogen and oxygen atoms in total. The van der Waals surface area contributed by atoms with Crippen molar-refractivity contribution >= 4 is 12.1 Å². The maximum absolute atomic E-state index is 11.9. The Balaban J connectivity index is 2.69. The van der Waals surface area contributed by atoms with Crippen LogP contribution in [0.4, 0.5) is 4.79 Å². The molecule has 1 fully saturated rings. The van der Waals surface area contributed by atoms with Gasteiger partial charge in [-0.15, -0.1) is 0 Å². The monoisotopic (exact) mass is 299 g/mol. The van der Waals surface area contributed by atoms with E-state index in [1.54, 1.807) is 0 Å². The van der Waals surface area contributed by atoms with E-state index in [0.29, 0.717) is 13.0 Å². The number of carbonyl (C=O) groups is 2. The summed E-state index contributed by atoms with van der Waals surface area (Å²) in [6.45, 7) is 12.2. The molecule has 1 rings (SSSR count). The summed E-state index contributed by atoms with van der Waals surface area (Å²) in [5.74, 6) is 0.00334. The molecule has 0 saturated carbocycles. The van der Waals surface area contributed by atoms with Gasteiger partial charge in [-0.1, -0.05) is 20.8 Å². The van der Waals surface area contributed by atoms with Crippen molar-refractivity contribution < 1.29 is 19.4 Å². The molecule has 1 heterocycles. The second-order valence-electron chi connectivity index (χ2n) is 8.04. The molecule has 1 amide bonds. The highest BCUT2D eigenvalue weighted by molar-refractivity contribution is 5.70. The standard InChI is InChI=1S/C16H29NO4/c1-15(2,3)12-9-11(7-8-17(12)14(19)20)10-13(18)21-16(4,5)6/h11-12H,7-10H2,1-6H3,(H,19,20). The van der Waals surface area contributed by atoms with Gasteiger partial charge in [0.1, 0.15) is 5.60 Å². The quantitative estimate of drug-likeness (QED) is 0.792. The van der Waals surface area contributed by atoms with E-state index in [0.717, 1.165) is 12.8 Å². The van der Waals surface area contributed by atoms with Gasteiger partial charge in [-0.05, 0) is 44.9 Å². The first-order valence-corrected chi connectivity index (χ1v) is 7.61. The van der Waals surface area contributed by atoms with Crippen LogP contribution in [0.25, 0.3) is 0 Å². The molecule has 1 aliphatic rings. The Labute approximate surface area is 127 Å². The van der Waals surface area contributed by atoms with Crippen LogP contribution in [0.3, 0.4) is 0 Å². The Kier molecular flexibility index (Phi) is 5.29. The molecule has 0 bridgehead atoms. The lowest BCUT2D eigenvalue weighted by Crippen LogP contribution is -2.51. The first kappa shape index (κ1) is 17.8. The number of nitrogens with zero attached hydrogens (tertiary/aromatic N) is 1. The lowest BCUT2D eigenvalue weighted by molar-refractivity contribution is -0.156. The molecule has 0 aromatic carbocycles. The maximum Gasteiger partial charge on any atom is 0.407 e. The number of ether oxygens (including phenoxy) is 1. The van der Waals surface area contributed by atoms with E-state index in [9.17, 15) is 14.7 Å². The van der Waals surface area contributed by atoms with Crippen molar-refractivity contribution in [1.29, 1.82) is 0 Å². The predicted molar refractivity (Wildman–Crippen MR) is 81.2 cm³/mol. The first-order chi connectivity index (χ1) is 9.40. The van der Waals surface area contributed by atoms with Crippen LogP contribution in [0.5, 0.6) is 0 Å². The highest BCUT2D eigenvalue weighted by Crippen LogP contribution is 2.36. The van der Waals surface area contributed by atoms with Crippen molar-refractivity contribution in [3.05, 3.63) is 0 Å². The lowest BCUT2D eigenvalue weighted by Gasteiger charge is -2.44. The molecule has 1 aliphatic heterocycles. The molecule has 21 heavy (non-hydrogen) atoms. The number of hydrogen-bond acceptors (Lipinski definition) is 3. The SMILES string of the molecule is CC(C)(C)OC(=O)CC1CCN(C(=O)O)C(C(C)(C)C)C1. The Bertz CT molecular complexity index is 392. The molecule has 2 atom stereocenters. The van der Waals surface area contributed by atoms with E-state index in [2.05, 4.69) is 0 Å². The number of likely N-dealkylation sites (tertiary alicyclic amines) is 1. The van der Waals surface area contributed by atoms with Gasteiger partial charge in [0, 0.05) is 19.0 Å². The van der Waals surface area contributed by atoms with Crippen LogP contribution in [-0.4, -0.2) is 40.3 Å². The average molecular weight is 299 g/mol. The Hall–Kier alpha value is -1.26. The van der Waals surface area contributed by atoms with Crippen LogP contribution in [-0.2, 0) is 9.53 Å². The van der Waals surface area contributed by atoms with Gasteiger partial charge in [-0.25, -0.2) is 4.79 Å². The summed E-state index contributed by atoms with van der Waals surface area (Å²) in [4.78, 5) is 24.8. The number of hydrogen-bond donors (Lipinski definition) is 1. The first-order valence-electron chi connectivity index (χ1n) is 7.61. The van der Waals surface area contributed by atoms with Crippen LogP contribution in [0.15, 0.2) is 0 Å². The van der Waals surface area contributed by atoms with E-state index in [1.165, 1.54) is 4.90 Å². The highest BCUT2D eigenvalue weighted by Gasteiger charge is 2.39. The predicted octanol–water partition coefficient (Wildman–Crippen LogP) is 3.52. The van der Waals surface area contributed by atoms with Crippen molar-refractivity contribution in [3.63, 3.8) is 0 Å². The fourth-order valence-electron chi connectivity index (χ4n) is 2.89. The van der Waals surface area contributed by atoms with Gasteiger partial charge in [0.2, 0.25) is 0 Å². The van der Waals surface area contributed by atoms with E-state index in [4.69, 9.17) is 4.74 Å². The van der Waals surface area contributed by atoms with Crippen molar-refractivity contribution in [1.82, 2.24) is 4.90 Å². The molecule has 1 saturated heterocycles. The minimum atomic E-state index is -0.870. The zero-order valence-electron chi connectivity index (χ0n) is 14.1. The van der Waals surface area contributed by atoms with Crippen LogP contribution in [0.2, 0.25) is 0 Å². The van der Waals surface area contributed by atoms with Crippen molar-refractivity contribution in [2.45, 2.75) is 72.4 Å². The minimum Gasteiger partial charge on any atom is -0.465 e. The zero-order valence-corrected chi connectivity index (χ0v) is 14.1. The molecule has 0 radical (unpaired) electrons.